The minimum absolute atomic E-state index is 0.0193. The third-order valence-electron chi connectivity index (χ3n) is 5.35. The van der Waals surface area contributed by atoms with Gasteiger partial charge in [0, 0.05) is 31.8 Å². The van der Waals surface area contributed by atoms with Crippen LogP contribution < -0.4 is 15.4 Å². The molecule has 1 unspecified atom stereocenters. The van der Waals surface area contributed by atoms with E-state index in [4.69, 9.17) is 14.5 Å². The van der Waals surface area contributed by atoms with E-state index in [2.05, 4.69) is 29.6 Å². The molecule has 0 amide bonds. The minimum Gasteiger partial charge on any atom is -0.491 e. The minimum atomic E-state index is -0.627. The molecule has 1 aliphatic rings. The van der Waals surface area contributed by atoms with Crippen molar-refractivity contribution < 1.29 is 14.6 Å². The second-order valence-electron chi connectivity index (χ2n) is 8.06. The fourth-order valence-corrected chi connectivity index (χ4v) is 3.42. The number of hydrogen-bond acceptors (Lipinski definition) is 5. The molecule has 1 atom stereocenters. The Hall–Kier alpha value is -1.83. The van der Waals surface area contributed by atoms with Gasteiger partial charge in [0.25, 0.3) is 0 Å². The highest BCUT2D eigenvalue weighted by molar-refractivity contribution is 5.79. The zero-order chi connectivity index (χ0) is 21.3. The van der Waals surface area contributed by atoms with Gasteiger partial charge in [0.15, 0.2) is 5.96 Å². The molecule has 1 aromatic carbocycles. The van der Waals surface area contributed by atoms with Gasteiger partial charge in [-0.15, -0.1) is 0 Å². The Labute approximate surface area is 175 Å². The summed E-state index contributed by atoms with van der Waals surface area (Å²) in [6.45, 7) is 9.41. The first-order valence-corrected chi connectivity index (χ1v) is 10.6. The number of aliphatic hydroxyl groups is 1. The van der Waals surface area contributed by atoms with Gasteiger partial charge in [-0.1, -0.05) is 12.1 Å². The number of benzene rings is 1. The monoisotopic (exact) mass is 406 g/mol. The number of likely N-dealkylation sites (N-methyl/N-ethyl adjacent to an activating group) is 1. The van der Waals surface area contributed by atoms with Crippen LogP contribution in [0.1, 0.15) is 45.3 Å². The molecular formula is C22H38N4O3. The van der Waals surface area contributed by atoms with Gasteiger partial charge in [-0.3, -0.25) is 4.99 Å². The Morgan fingerprint density at radius 2 is 1.86 bits per heavy atom. The van der Waals surface area contributed by atoms with Gasteiger partial charge in [0.1, 0.15) is 5.75 Å². The first-order chi connectivity index (χ1) is 13.9. The van der Waals surface area contributed by atoms with Crippen LogP contribution in [0, 0.1) is 0 Å². The lowest BCUT2D eigenvalue weighted by atomic mass is 9.89. The van der Waals surface area contributed by atoms with E-state index < -0.39 is 6.10 Å². The van der Waals surface area contributed by atoms with Crippen LogP contribution >= 0.6 is 0 Å². The van der Waals surface area contributed by atoms with Crippen LogP contribution in [0.5, 0.6) is 5.75 Å². The molecular weight excluding hydrogens is 368 g/mol. The maximum Gasteiger partial charge on any atom is 0.191 e. The number of rotatable bonds is 9. The summed E-state index contributed by atoms with van der Waals surface area (Å²) in [6, 6.07) is 7.59. The molecule has 0 aliphatic carbocycles. The van der Waals surface area contributed by atoms with Crippen molar-refractivity contribution in [1.82, 2.24) is 15.5 Å². The standard InChI is InChI=1S/C22H38N4O3/c1-6-23-21(25-16-22(26(4)5)11-13-28-14-12-22)24-15-20(27)18-7-9-19(10-8-18)29-17(2)3/h7-10,17,20,27H,6,11-16H2,1-5H3,(H2,23,24,25). The lowest BCUT2D eigenvalue weighted by Gasteiger charge is -2.41. The van der Waals surface area contributed by atoms with Crippen molar-refractivity contribution in [2.45, 2.75) is 51.4 Å². The highest BCUT2D eigenvalue weighted by Gasteiger charge is 2.34. The Morgan fingerprint density at radius 1 is 1.21 bits per heavy atom. The lowest BCUT2D eigenvalue weighted by molar-refractivity contribution is -0.00255. The van der Waals surface area contributed by atoms with Crippen LogP contribution in [0.4, 0.5) is 0 Å². The fourth-order valence-electron chi connectivity index (χ4n) is 3.42. The van der Waals surface area contributed by atoms with E-state index in [1.54, 1.807) is 0 Å². The second kappa shape index (κ2) is 11.4. The van der Waals surface area contributed by atoms with Crippen molar-refractivity contribution in [3.63, 3.8) is 0 Å². The third kappa shape index (κ3) is 7.17. The van der Waals surface area contributed by atoms with Gasteiger partial charge in [-0.25, -0.2) is 0 Å². The topological polar surface area (TPSA) is 78.4 Å². The van der Waals surface area contributed by atoms with Crippen molar-refractivity contribution in [1.29, 1.82) is 0 Å². The zero-order valence-corrected chi connectivity index (χ0v) is 18.6. The van der Waals surface area contributed by atoms with E-state index in [1.807, 2.05) is 45.0 Å². The van der Waals surface area contributed by atoms with E-state index in [-0.39, 0.29) is 11.6 Å². The van der Waals surface area contributed by atoms with Gasteiger partial charge in [-0.2, -0.15) is 0 Å². The highest BCUT2D eigenvalue weighted by Crippen LogP contribution is 2.26. The average Bonchev–Trinajstić information content (AvgIpc) is 2.70. The normalized spacial score (nSPS) is 18.0. The molecule has 1 aromatic rings. The molecule has 7 heteroatoms. The summed E-state index contributed by atoms with van der Waals surface area (Å²) in [5.41, 5.74) is 0.865. The van der Waals surface area contributed by atoms with E-state index in [9.17, 15) is 5.11 Å². The molecule has 29 heavy (non-hydrogen) atoms. The second-order valence-corrected chi connectivity index (χ2v) is 8.06. The number of nitrogens with zero attached hydrogens (tertiary/aromatic N) is 2. The van der Waals surface area contributed by atoms with Crippen LogP contribution in [0.15, 0.2) is 29.3 Å². The van der Waals surface area contributed by atoms with Crippen LogP contribution in [-0.4, -0.2) is 74.6 Å². The molecule has 0 aromatic heterocycles. The van der Waals surface area contributed by atoms with Gasteiger partial charge in [0.2, 0.25) is 0 Å². The van der Waals surface area contributed by atoms with Crippen LogP contribution in [0.25, 0.3) is 0 Å². The van der Waals surface area contributed by atoms with Gasteiger partial charge >= 0.3 is 0 Å². The molecule has 0 saturated carbocycles. The number of aliphatic hydroxyl groups excluding tert-OH is 1. The summed E-state index contributed by atoms with van der Waals surface area (Å²) in [5.74, 6) is 1.53. The third-order valence-corrected chi connectivity index (χ3v) is 5.35. The summed E-state index contributed by atoms with van der Waals surface area (Å²) in [7, 11) is 4.22. The molecule has 1 saturated heterocycles. The van der Waals surface area contributed by atoms with Crippen LogP contribution in [0.3, 0.4) is 0 Å². The molecule has 2 rings (SSSR count). The molecule has 0 bridgehead atoms. The van der Waals surface area contributed by atoms with Crippen molar-refractivity contribution in [3.8, 4) is 5.75 Å². The Balaban J connectivity index is 1.96. The van der Waals surface area contributed by atoms with Gasteiger partial charge < -0.3 is 30.1 Å². The maximum absolute atomic E-state index is 10.6. The van der Waals surface area contributed by atoms with E-state index >= 15 is 0 Å². The molecule has 0 spiro atoms. The molecule has 164 valence electrons. The Kier molecular flexibility index (Phi) is 9.20. The lowest BCUT2D eigenvalue weighted by Crippen LogP contribution is -2.52. The maximum atomic E-state index is 10.6. The molecule has 1 fully saturated rings. The Bertz CT molecular complexity index is 625. The number of hydrogen-bond donors (Lipinski definition) is 3. The summed E-state index contributed by atoms with van der Waals surface area (Å²) in [4.78, 5) is 7.07. The summed E-state index contributed by atoms with van der Waals surface area (Å²) in [6.07, 6.45) is 1.44. The Morgan fingerprint density at radius 3 is 2.41 bits per heavy atom. The number of guanidine groups is 1. The van der Waals surface area contributed by atoms with Crippen molar-refractivity contribution >= 4 is 5.96 Å². The first-order valence-electron chi connectivity index (χ1n) is 10.6. The van der Waals surface area contributed by atoms with Crippen LogP contribution in [-0.2, 0) is 4.74 Å². The molecule has 0 radical (unpaired) electrons. The summed E-state index contributed by atoms with van der Waals surface area (Å²) < 4.78 is 11.2. The molecule has 7 nitrogen and oxygen atoms in total. The van der Waals surface area contributed by atoms with Gasteiger partial charge in [-0.05, 0) is 65.4 Å². The molecule has 3 N–H and O–H groups in total. The molecule has 1 aliphatic heterocycles. The SMILES string of the molecule is CCNC(=NCC1(N(C)C)CCOCC1)NCC(O)c1ccc(OC(C)C)cc1. The largest absolute Gasteiger partial charge is 0.491 e. The summed E-state index contributed by atoms with van der Waals surface area (Å²) in [5, 5.41) is 17.1. The quantitative estimate of drug-likeness (QED) is 0.431. The fraction of sp³-hybridized carbons (Fsp3) is 0.682. The predicted molar refractivity (Wildman–Crippen MR) is 118 cm³/mol. The number of ether oxygens (including phenoxy) is 2. The van der Waals surface area contributed by atoms with Crippen LogP contribution in [0.2, 0.25) is 0 Å². The van der Waals surface area contributed by atoms with E-state index in [0.29, 0.717) is 13.1 Å². The van der Waals surface area contributed by atoms with Crippen molar-refractivity contribution in [2.75, 3.05) is 46.9 Å². The number of nitrogens with one attached hydrogen (secondary N) is 2. The van der Waals surface area contributed by atoms with E-state index in [0.717, 1.165) is 49.9 Å². The van der Waals surface area contributed by atoms with E-state index in [1.165, 1.54) is 0 Å². The average molecular weight is 407 g/mol. The molecule has 1 heterocycles. The van der Waals surface area contributed by atoms with Gasteiger partial charge in [0.05, 0.1) is 18.8 Å². The van der Waals surface area contributed by atoms with Crippen molar-refractivity contribution in [2.24, 2.45) is 4.99 Å². The summed E-state index contributed by atoms with van der Waals surface area (Å²) >= 11 is 0. The first kappa shape index (κ1) is 23.4. The smallest absolute Gasteiger partial charge is 0.191 e. The highest BCUT2D eigenvalue weighted by atomic mass is 16.5. The predicted octanol–water partition coefficient (Wildman–Crippen LogP) is 2.17. The zero-order valence-electron chi connectivity index (χ0n) is 18.6. The number of aliphatic imine (C=N–C) groups is 1. The van der Waals surface area contributed by atoms with Crippen molar-refractivity contribution in [3.05, 3.63) is 29.8 Å².